The van der Waals surface area contributed by atoms with Crippen LogP contribution in [-0.4, -0.2) is 8.75 Å². The monoisotopic (exact) mass is 1520 g/mol. The van der Waals surface area contributed by atoms with Gasteiger partial charge in [0.05, 0.1) is 38.8 Å². The molecule has 11 heteroatoms. The van der Waals surface area contributed by atoms with Gasteiger partial charge in [-0.25, -0.2) is 0 Å². The van der Waals surface area contributed by atoms with Crippen LogP contribution in [0.25, 0.3) is 51.4 Å². The van der Waals surface area contributed by atoms with Crippen molar-refractivity contribution in [2.45, 2.75) is 327 Å². The van der Waals surface area contributed by atoms with Gasteiger partial charge in [0.15, 0.2) is 0 Å². The van der Waals surface area contributed by atoms with E-state index in [1.165, 1.54) is 243 Å². The molecule has 0 spiro atoms. The lowest BCUT2D eigenvalue weighted by Gasteiger charge is -2.39. The average molecular weight is 1520 g/mol. The predicted octanol–water partition coefficient (Wildman–Crippen LogP) is 31.5. The van der Waals surface area contributed by atoms with E-state index in [-0.39, 0.29) is 0 Å². The van der Waals surface area contributed by atoms with Crippen LogP contribution in [-0.2, 0) is 11.2 Å². The van der Waals surface area contributed by atoms with Gasteiger partial charge in [-0.3, -0.25) is 0 Å². The fourth-order valence-electron chi connectivity index (χ4n) is 15.8. The molecular weight excluding hydrogens is 1390 g/mol. The van der Waals surface area contributed by atoms with Crippen LogP contribution >= 0.6 is 88.9 Å². The maximum Gasteiger partial charge on any atom is 0.141 e. The van der Waals surface area contributed by atoms with Gasteiger partial charge in [0.1, 0.15) is 33.7 Å². The number of aromatic nitrogens is 2. The highest BCUT2D eigenvalue weighted by Crippen LogP contribution is 2.61. The number of hydrogen-bond acceptors (Lipinski definition) is 9. The van der Waals surface area contributed by atoms with E-state index in [1.807, 2.05) is 45.3 Å². The summed E-state index contributed by atoms with van der Waals surface area (Å²) in [5, 5.41) is 0. The first kappa shape index (κ1) is 79.1. The lowest BCUT2D eigenvalue weighted by molar-refractivity contribution is 0.0322. The fourth-order valence-corrected chi connectivity index (χ4v) is 22.3. The summed E-state index contributed by atoms with van der Waals surface area (Å²) in [6, 6.07) is 14.5. The standard InChI is InChI=1S/C84H130Br2N2O2S5/c1-55(2)25-17-29-59(9)33-21-37-63(13)43-47-83(48-44-64(14)38-22-34-60(10)30-18-26-56(3)4)69-51-73(91-79(69)81-71(89-83)53-75(85)93-81)67-41-42-68(78-77(67)87-95-88-78)74-52-70-80(92-74)82-72(54-76(86)94-82)90-84(70,49-45-65(15)39-23-35-61(11)31-19-27-57(5)6)50-46-66(16)40-24-36-62(12)32-20-28-58(7)8/h41-42,51-66H,17-40,43-50H2,1-16H3. The molecule has 8 atom stereocenters. The van der Waals surface area contributed by atoms with Crippen LogP contribution in [0.15, 0.2) is 44.0 Å². The molecule has 2 aliphatic rings. The smallest absolute Gasteiger partial charge is 0.141 e. The molecule has 95 heavy (non-hydrogen) atoms. The molecule has 4 nitrogen and oxygen atoms in total. The van der Waals surface area contributed by atoms with E-state index in [0.717, 1.165) is 103 Å². The molecule has 8 rings (SSSR count). The topological polar surface area (TPSA) is 44.2 Å². The number of ether oxygens (including phenoxy) is 2. The van der Waals surface area contributed by atoms with Crippen molar-refractivity contribution < 1.29 is 9.47 Å². The van der Waals surface area contributed by atoms with Gasteiger partial charge in [0.2, 0.25) is 0 Å². The van der Waals surface area contributed by atoms with Crippen LogP contribution in [0.4, 0.5) is 0 Å². The zero-order chi connectivity index (χ0) is 68.4. The van der Waals surface area contributed by atoms with Gasteiger partial charge in [-0.05, 0) is 166 Å². The van der Waals surface area contributed by atoms with E-state index in [2.05, 4.69) is 179 Å². The summed E-state index contributed by atoms with van der Waals surface area (Å²) in [7, 11) is 0. The number of halogens is 2. The van der Waals surface area contributed by atoms with Crippen molar-refractivity contribution in [1.29, 1.82) is 0 Å². The van der Waals surface area contributed by atoms with E-state index in [4.69, 9.17) is 18.2 Å². The number of thiophene rings is 4. The number of benzene rings is 1. The third-order valence-electron chi connectivity index (χ3n) is 22.4. The van der Waals surface area contributed by atoms with Crippen molar-refractivity contribution >= 4 is 100.0 Å². The summed E-state index contributed by atoms with van der Waals surface area (Å²) in [5.74, 6) is 11.1. The number of rotatable bonds is 46. The van der Waals surface area contributed by atoms with Crippen molar-refractivity contribution in [3.8, 4) is 51.9 Å². The maximum atomic E-state index is 7.66. The summed E-state index contributed by atoms with van der Waals surface area (Å²) in [6.07, 6.45) is 40.9. The zero-order valence-electron chi connectivity index (χ0n) is 62.5. The Morgan fingerprint density at radius 2 is 0.579 bits per heavy atom. The minimum absolute atomic E-state index is 0.402. The van der Waals surface area contributed by atoms with Crippen LogP contribution in [0.2, 0.25) is 0 Å². The second-order valence-corrected chi connectivity index (χ2v) is 41.0. The minimum atomic E-state index is -0.402. The van der Waals surface area contributed by atoms with E-state index >= 15 is 0 Å². The summed E-state index contributed by atoms with van der Waals surface area (Å²) in [4.78, 5) is 7.88. The summed E-state index contributed by atoms with van der Waals surface area (Å²) < 4.78 is 28.1. The lowest BCUT2D eigenvalue weighted by Crippen LogP contribution is -2.36. The quantitative estimate of drug-likeness (QED) is 0.0382. The Balaban J connectivity index is 1.09. The van der Waals surface area contributed by atoms with E-state index in [9.17, 15) is 0 Å². The number of fused-ring (bicyclic) bond motifs is 7. The molecule has 0 radical (unpaired) electrons. The first-order valence-electron chi connectivity index (χ1n) is 38.9. The normalized spacial score (nSPS) is 18.8. The van der Waals surface area contributed by atoms with E-state index in [0.29, 0.717) is 23.7 Å². The Bertz CT molecular complexity index is 2910. The molecule has 0 bridgehead atoms. The highest BCUT2D eigenvalue weighted by molar-refractivity contribution is 9.11. The molecule has 5 aromatic heterocycles. The minimum Gasteiger partial charge on any atom is -0.481 e. The van der Waals surface area contributed by atoms with Gasteiger partial charge >= 0.3 is 0 Å². The highest BCUT2D eigenvalue weighted by atomic mass is 79.9. The van der Waals surface area contributed by atoms with E-state index < -0.39 is 11.2 Å². The summed E-state index contributed by atoms with van der Waals surface area (Å²) in [5.41, 5.74) is 6.42. The molecule has 6 aromatic rings. The van der Waals surface area contributed by atoms with Crippen LogP contribution in [0, 0.1) is 71.0 Å². The van der Waals surface area contributed by atoms with Crippen molar-refractivity contribution in [2.75, 3.05) is 0 Å². The summed E-state index contributed by atoms with van der Waals surface area (Å²) >= 11 is 16.9. The Kier molecular flexibility index (Phi) is 32.1. The largest absolute Gasteiger partial charge is 0.481 e. The average Bonchev–Trinajstić information content (AvgIpc) is 1.60. The predicted molar refractivity (Wildman–Crippen MR) is 431 cm³/mol. The number of nitrogens with zero attached hydrogens (tertiary/aromatic N) is 2. The van der Waals surface area contributed by atoms with Crippen LogP contribution in [0.3, 0.4) is 0 Å². The molecule has 2 aliphatic heterocycles. The van der Waals surface area contributed by atoms with Crippen molar-refractivity contribution in [3.63, 3.8) is 0 Å². The third kappa shape index (κ3) is 23.5. The molecule has 0 saturated carbocycles. The molecular formula is C84H130Br2N2O2S5. The Labute approximate surface area is 618 Å². The van der Waals surface area contributed by atoms with Gasteiger partial charge in [-0.15, -0.1) is 45.3 Å². The Morgan fingerprint density at radius 1 is 0.326 bits per heavy atom. The SMILES string of the molecule is CC(C)CCCC(C)CCCC(C)CCC1(CCC(C)CCCC(C)CCCC(C)C)Oc2cc(Br)sc2-c2sc(-c3ccc(-c4cc5c(s4)-c4sc(Br)cc4OC5(CCC(C)CCCC(C)CCCC(C)C)CCC(C)CCCC(C)CCCC(C)C)c4nsnc34)cc21. The van der Waals surface area contributed by atoms with Crippen LogP contribution in [0.5, 0.6) is 11.5 Å². The van der Waals surface area contributed by atoms with Gasteiger partial charge < -0.3 is 9.47 Å². The molecule has 0 saturated heterocycles. The molecule has 532 valence electrons. The van der Waals surface area contributed by atoms with Crippen molar-refractivity contribution in [1.82, 2.24) is 8.75 Å². The fraction of sp³-hybridized carbons (Fsp3) is 0.738. The van der Waals surface area contributed by atoms with E-state index in [1.54, 1.807) is 0 Å². The van der Waals surface area contributed by atoms with Gasteiger partial charge in [-0.2, -0.15) is 8.75 Å². The molecule has 0 N–H and O–H groups in total. The first-order chi connectivity index (χ1) is 45.4. The maximum absolute atomic E-state index is 7.66. The molecule has 0 fully saturated rings. The first-order valence-corrected chi connectivity index (χ1v) is 44.5. The Morgan fingerprint density at radius 3 is 0.842 bits per heavy atom. The lowest BCUT2D eigenvalue weighted by atomic mass is 9.78. The number of hydrogen-bond donors (Lipinski definition) is 0. The second kappa shape index (κ2) is 38.6. The molecule has 8 unspecified atom stereocenters. The second-order valence-electron chi connectivity index (χ2n) is 33.5. The van der Waals surface area contributed by atoms with Crippen molar-refractivity contribution in [2.24, 2.45) is 71.0 Å². The van der Waals surface area contributed by atoms with Crippen molar-refractivity contribution in [3.05, 3.63) is 55.1 Å². The third-order valence-corrected chi connectivity index (χ3v) is 28.8. The van der Waals surface area contributed by atoms with Crippen LogP contribution < -0.4 is 9.47 Å². The zero-order valence-corrected chi connectivity index (χ0v) is 69.8. The molecule has 1 aromatic carbocycles. The van der Waals surface area contributed by atoms with Crippen LogP contribution in [0.1, 0.15) is 327 Å². The van der Waals surface area contributed by atoms with Gasteiger partial charge in [0.25, 0.3) is 0 Å². The van der Waals surface area contributed by atoms with Gasteiger partial charge in [-0.1, -0.05) is 277 Å². The molecule has 0 amide bonds. The molecule has 7 heterocycles. The Hall–Kier alpha value is -1.60. The molecule has 0 aliphatic carbocycles. The highest BCUT2D eigenvalue weighted by Gasteiger charge is 2.46. The summed E-state index contributed by atoms with van der Waals surface area (Å²) in [6.45, 7) is 39.0. The van der Waals surface area contributed by atoms with Gasteiger partial charge in [0, 0.05) is 44.1 Å².